The Balaban J connectivity index is 1.75. The molecule has 0 unspecified atom stereocenters. The van der Waals surface area contributed by atoms with Crippen molar-refractivity contribution in [1.29, 1.82) is 0 Å². The zero-order chi connectivity index (χ0) is 24.1. The van der Waals surface area contributed by atoms with E-state index < -0.39 is 11.9 Å². The molecule has 0 saturated heterocycles. The number of anilines is 1. The van der Waals surface area contributed by atoms with Gasteiger partial charge in [0.05, 0.1) is 35.5 Å². The number of methoxy groups -OCH3 is 1. The van der Waals surface area contributed by atoms with Crippen LogP contribution in [-0.4, -0.2) is 52.0 Å². The molecule has 0 aliphatic carbocycles. The molecule has 0 bridgehead atoms. The second-order valence-corrected chi connectivity index (χ2v) is 8.71. The van der Waals surface area contributed by atoms with Gasteiger partial charge in [0.2, 0.25) is 5.91 Å². The highest BCUT2D eigenvalue weighted by molar-refractivity contribution is 7.99. The highest BCUT2D eigenvalue weighted by Crippen LogP contribution is 2.34. The van der Waals surface area contributed by atoms with Gasteiger partial charge in [0.1, 0.15) is 10.8 Å². The van der Waals surface area contributed by atoms with Crippen molar-refractivity contribution >= 4 is 45.9 Å². The van der Waals surface area contributed by atoms with Crippen LogP contribution in [0.15, 0.2) is 29.4 Å². The van der Waals surface area contributed by atoms with Crippen molar-refractivity contribution < 1.29 is 23.9 Å². The van der Waals surface area contributed by atoms with Crippen molar-refractivity contribution in [2.75, 3.05) is 24.8 Å². The number of para-hydroxylation sites is 1. The van der Waals surface area contributed by atoms with E-state index in [4.69, 9.17) is 15.2 Å². The number of thiophene rings is 1. The minimum atomic E-state index is -0.680. The summed E-state index contributed by atoms with van der Waals surface area (Å²) in [6.45, 7) is 3.42. The highest BCUT2D eigenvalue weighted by Gasteiger charge is 2.26. The molecule has 0 aliphatic heterocycles. The summed E-state index contributed by atoms with van der Waals surface area (Å²) in [5.41, 5.74) is 6.69. The maximum absolute atomic E-state index is 12.6. The molecule has 0 atom stereocenters. The number of nitrogens with one attached hydrogen (secondary N) is 1. The molecule has 0 spiro atoms. The van der Waals surface area contributed by atoms with E-state index in [0.717, 1.165) is 16.9 Å². The van der Waals surface area contributed by atoms with Gasteiger partial charge in [-0.15, -0.1) is 21.5 Å². The lowest BCUT2D eigenvalue weighted by atomic mass is 10.1. The Hall–Kier alpha value is -3.38. The van der Waals surface area contributed by atoms with Crippen molar-refractivity contribution in [3.63, 3.8) is 0 Å². The normalized spacial score (nSPS) is 10.7. The summed E-state index contributed by atoms with van der Waals surface area (Å²) in [6.07, 6.45) is 0. The Morgan fingerprint density at radius 1 is 1.24 bits per heavy atom. The molecule has 33 heavy (non-hydrogen) atoms. The SMILES string of the molecule is CCOC(=O)c1c(NC(=O)CSc2nnc(-c3ccccc3OC)n2C)sc(C(N)=O)c1C. The summed E-state index contributed by atoms with van der Waals surface area (Å²) in [4.78, 5) is 36.9. The van der Waals surface area contributed by atoms with E-state index >= 15 is 0 Å². The maximum atomic E-state index is 12.6. The monoisotopic (exact) mass is 489 g/mol. The van der Waals surface area contributed by atoms with Crippen LogP contribution in [0.3, 0.4) is 0 Å². The van der Waals surface area contributed by atoms with Gasteiger partial charge in [0, 0.05) is 7.05 Å². The number of rotatable bonds is 9. The van der Waals surface area contributed by atoms with Gasteiger partial charge in [-0.2, -0.15) is 0 Å². The van der Waals surface area contributed by atoms with Crippen LogP contribution in [0.1, 0.15) is 32.5 Å². The van der Waals surface area contributed by atoms with Crippen LogP contribution in [0.4, 0.5) is 5.00 Å². The predicted molar refractivity (Wildman–Crippen MR) is 126 cm³/mol. The molecule has 174 valence electrons. The lowest BCUT2D eigenvalue weighted by Gasteiger charge is -2.08. The number of benzene rings is 1. The zero-order valence-corrected chi connectivity index (χ0v) is 20.1. The minimum absolute atomic E-state index is 0.00299. The molecule has 3 N–H and O–H groups in total. The number of aromatic nitrogens is 3. The van der Waals surface area contributed by atoms with Crippen molar-refractivity contribution in [2.24, 2.45) is 12.8 Å². The second kappa shape index (κ2) is 10.5. The van der Waals surface area contributed by atoms with E-state index in [1.807, 2.05) is 24.3 Å². The Bertz CT molecular complexity index is 1200. The molecule has 2 amide bonds. The Morgan fingerprint density at radius 2 is 1.97 bits per heavy atom. The van der Waals surface area contributed by atoms with Crippen molar-refractivity contribution in [2.45, 2.75) is 19.0 Å². The quantitative estimate of drug-likeness (QED) is 0.346. The third-order valence-electron chi connectivity index (χ3n) is 4.62. The van der Waals surface area contributed by atoms with E-state index in [1.165, 1.54) is 11.8 Å². The number of nitrogens with zero attached hydrogens (tertiary/aromatic N) is 3. The summed E-state index contributed by atoms with van der Waals surface area (Å²) in [5, 5.41) is 11.8. The van der Waals surface area contributed by atoms with Crippen LogP contribution < -0.4 is 15.8 Å². The van der Waals surface area contributed by atoms with Gasteiger partial charge in [-0.3, -0.25) is 9.59 Å². The molecule has 12 heteroatoms. The van der Waals surface area contributed by atoms with E-state index in [-0.39, 0.29) is 33.7 Å². The van der Waals surface area contributed by atoms with Gasteiger partial charge in [0.25, 0.3) is 5.91 Å². The topological polar surface area (TPSA) is 138 Å². The number of hydrogen-bond acceptors (Lipinski definition) is 9. The largest absolute Gasteiger partial charge is 0.496 e. The van der Waals surface area contributed by atoms with Crippen LogP contribution in [0.5, 0.6) is 5.75 Å². The molecule has 0 fully saturated rings. The molecule has 0 saturated carbocycles. The van der Waals surface area contributed by atoms with Gasteiger partial charge in [-0.1, -0.05) is 23.9 Å². The van der Waals surface area contributed by atoms with E-state index in [1.54, 1.807) is 32.6 Å². The third kappa shape index (κ3) is 5.17. The van der Waals surface area contributed by atoms with Gasteiger partial charge in [-0.05, 0) is 31.5 Å². The Kier molecular flexibility index (Phi) is 7.71. The average molecular weight is 490 g/mol. The van der Waals surface area contributed by atoms with Crippen molar-refractivity contribution in [3.05, 3.63) is 40.3 Å². The van der Waals surface area contributed by atoms with E-state index in [2.05, 4.69) is 15.5 Å². The van der Waals surface area contributed by atoms with Crippen molar-refractivity contribution in [1.82, 2.24) is 14.8 Å². The maximum Gasteiger partial charge on any atom is 0.341 e. The number of hydrogen-bond donors (Lipinski definition) is 2. The highest BCUT2D eigenvalue weighted by atomic mass is 32.2. The number of ether oxygens (including phenoxy) is 2. The number of carbonyl (C=O) groups excluding carboxylic acids is 3. The fourth-order valence-corrected chi connectivity index (χ4v) is 4.86. The van der Waals surface area contributed by atoms with Crippen LogP contribution in [0.25, 0.3) is 11.4 Å². The second-order valence-electron chi connectivity index (χ2n) is 6.75. The van der Waals surface area contributed by atoms with Gasteiger partial charge in [0.15, 0.2) is 11.0 Å². The zero-order valence-electron chi connectivity index (χ0n) is 18.5. The van der Waals surface area contributed by atoms with Crippen LogP contribution >= 0.6 is 23.1 Å². The third-order valence-corrected chi connectivity index (χ3v) is 6.86. The molecular formula is C21H23N5O5S2. The molecule has 1 aromatic carbocycles. The fourth-order valence-electron chi connectivity index (χ4n) is 3.08. The standard InChI is InChI=1S/C21H23N5O5S2/c1-5-31-20(29)15-11(2)16(17(22)28)33-19(15)23-14(27)10-32-21-25-24-18(26(21)3)12-8-6-7-9-13(12)30-4/h6-9H,5,10H2,1-4H3,(H2,22,28)(H,23,27). The Morgan fingerprint density at radius 3 is 2.64 bits per heavy atom. The summed E-state index contributed by atoms with van der Waals surface area (Å²) in [5.74, 6) is -0.433. The first kappa shape index (κ1) is 24.3. The van der Waals surface area contributed by atoms with Crippen LogP contribution in [0.2, 0.25) is 0 Å². The summed E-state index contributed by atoms with van der Waals surface area (Å²) in [7, 11) is 3.37. The smallest absolute Gasteiger partial charge is 0.341 e. The Labute approximate surface area is 198 Å². The molecule has 3 rings (SSSR count). The van der Waals surface area contributed by atoms with Gasteiger partial charge in [-0.25, -0.2) is 4.79 Å². The first-order valence-corrected chi connectivity index (χ1v) is 11.6. The molecule has 3 aromatic rings. The first-order valence-electron chi connectivity index (χ1n) is 9.84. The molecule has 10 nitrogen and oxygen atoms in total. The predicted octanol–water partition coefficient (Wildman–Crippen LogP) is 2.87. The summed E-state index contributed by atoms with van der Waals surface area (Å²) < 4.78 is 12.2. The number of carbonyl (C=O) groups is 3. The summed E-state index contributed by atoms with van der Waals surface area (Å²) in [6, 6.07) is 7.43. The number of thioether (sulfide) groups is 1. The molecule has 2 aromatic heterocycles. The van der Waals surface area contributed by atoms with Gasteiger partial charge >= 0.3 is 5.97 Å². The molecule has 0 aliphatic rings. The van der Waals surface area contributed by atoms with Gasteiger partial charge < -0.3 is 25.1 Å². The number of esters is 1. The lowest BCUT2D eigenvalue weighted by Crippen LogP contribution is -2.17. The number of amides is 2. The van der Waals surface area contributed by atoms with Crippen LogP contribution in [0, 0.1) is 6.92 Å². The van der Waals surface area contributed by atoms with Crippen molar-refractivity contribution in [3.8, 4) is 17.1 Å². The first-order chi connectivity index (χ1) is 15.8. The fraction of sp³-hybridized carbons (Fsp3) is 0.286. The number of nitrogens with two attached hydrogens (primary N) is 1. The summed E-state index contributed by atoms with van der Waals surface area (Å²) >= 11 is 2.12. The minimum Gasteiger partial charge on any atom is -0.496 e. The van der Waals surface area contributed by atoms with E-state index in [9.17, 15) is 14.4 Å². The van der Waals surface area contributed by atoms with E-state index in [0.29, 0.717) is 22.3 Å². The number of primary amides is 1. The lowest BCUT2D eigenvalue weighted by molar-refractivity contribution is -0.113. The molecular weight excluding hydrogens is 466 g/mol. The molecule has 0 radical (unpaired) electrons. The average Bonchev–Trinajstić information content (AvgIpc) is 3.31. The molecule has 2 heterocycles. The van der Waals surface area contributed by atoms with Crippen LogP contribution in [-0.2, 0) is 16.6 Å².